The molecule has 0 bridgehead atoms. The van der Waals surface area contributed by atoms with Gasteiger partial charge in [-0.2, -0.15) is 0 Å². The molecule has 3 amide bonds. The first kappa shape index (κ1) is 19.9. The Hall–Kier alpha value is -2.37. The van der Waals surface area contributed by atoms with Gasteiger partial charge in [-0.15, -0.1) is 0 Å². The zero-order chi connectivity index (χ0) is 19.3. The topological polar surface area (TPSA) is 78.5 Å². The van der Waals surface area contributed by atoms with Gasteiger partial charge >= 0.3 is 0 Å². The van der Waals surface area contributed by atoms with E-state index in [0.717, 1.165) is 12.8 Å². The fraction of sp³-hybridized carbons (Fsp3) is 0.550. The number of nitrogens with zero attached hydrogens (tertiary/aromatic N) is 1. The Morgan fingerprint density at radius 3 is 2.54 bits per heavy atom. The highest BCUT2D eigenvalue weighted by Crippen LogP contribution is 2.27. The highest BCUT2D eigenvalue weighted by atomic mass is 16.2. The molecule has 0 radical (unpaired) electrons. The molecule has 0 aromatic heterocycles. The standard InChI is InChI=1S/C20H29N3O3/c1-5-6-11-21-19(26)15-9-7-8-10-16(15)22-18(25)14-12-17(24)23(13-14)20(2,3)4/h7-10,14H,5-6,11-13H2,1-4H3,(H,21,26)(H,22,25)/t14-/m1/s1. The van der Waals surface area contributed by atoms with Crippen molar-refractivity contribution < 1.29 is 14.4 Å². The monoisotopic (exact) mass is 359 g/mol. The number of rotatable bonds is 6. The summed E-state index contributed by atoms with van der Waals surface area (Å²) in [6.07, 6.45) is 2.11. The number of hydrogen-bond acceptors (Lipinski definition) is 3. The van der Waals surface area contributed by atoms with Crippen LogP contribution in [0.25, 0.3) is 0 Å². The number of benzene rings is 1. The molecule has 1 heterocycles. The third-order valence-corrected chi connectivity index (χ3v) is 4.55. The van der Waals surface area contributed by atoms with Gasteiger partial charge in [-0.25, -0.2) is 0 Å². The summed E-state index contributed by atoms with van der Waals surface area (Å²) in [6.45, 7) is 8.95. The molecule has 1 aliphatic heterocycles. The Labute approximate surface area is 155 Å². The summed E-state index contributed by atoms with van der Waals surface area (Å²) in [5.41, 5.74) is 0.616. The van der Waals surface area contributed by atoms with Crippen LogP contribution in [0.2, 0.25) is 0 Å². The largest absolute Gasteiger partial charge is 0.352 e. The number of likely N-dealkylation sites (tertiary alicyclic amines) is 1. The van der Waals surface area contributed by atoms with E-state index in [4.69, 9.17) is 0 Å². The van der Waals surface area contributed by atoms with Crippen LogP contribution < -0.4 is 10.6 Å². The van der Waals surface area contributed by atoms with E-state index in [0.29, 0.717) is 24.3 Å². The molecule has 6 heteroatoms. The summed E-state index contributed by atoms with van der Waals surface area (Å²) in [7, 11) is 0. The Morgan fingerprint density at radius 2 is 1.92 bits per heavy atom. The molecule has 2 N–H and O–H groups in total. The number of carbonyl (C=O) groups is 3. The average molecular weight is 359 g/mol. The van der Waals surface area contributed by atoms with Gasteiger partial charge < -0.3 is 15.5 Å². The third-order valence-electron chi connectivity index (χ3n) is 4.55. The SMILES string of the molecule is CCCCNC(=O)c1ccccc1NC(=O)[C@@H]1CC(=O)N(C(C)(C)C)C1. The quantitative estimate of drug-likeness (QED) is 0.767. The lowest BCUT2D eigenvalue weighted by molar-refractivity contribution is -0.131. The molecule has 1 saturated heterocycles. The molecule has 1 fully saturated rings. The first-order valence-electron chi connectivity index (χ1n) is 9.22. The van der Waals surface area contributed by atoms with Gasteiger partial charge in [0.25, 0.3) is 5.91 Å². The minimum Gasteiger partial charge on any atom is -0.352 e. The molecule has 0 unspecified atom stereocenters. The normalized spacial score (nSPS) is 17.3. The lowest BCUT2D eigenvalue weighted by Crippen LogP contribution is -2.42. The maximum Gasteiger partial charge on any atom is 0.253 e. The fourth-order valence-corrected chi connectivity index (χ4v) is 3.03. The smallest absolute Gasteiger partial charge is 0.253 e. The van der Waals surface area contributed by atoms with Crippen molar-refractivity contribution in [3.05, 3.63) is 29.8 Å². The average Bonchev–Trinajstić information content (AvgIpc) is 2.98. The van der Waals surface area contributed by atoms with E-state index in [9.17, 15) is 14.4 Å². The van der Waals surface area contributed by atoms with E-state index < -0.39 is 5.92 Å². The van der Waals surface area contributed by atoms with Crippen molar-refractivity contribution in [2.45, 2.75) is 52.5 Å². The lowest BCUT2D eigenvalue weighted by Gasteiger charge is -2.31. The van der Waals surface area contributed by atoms with Gasteiger partial charge in [0.2, 0.25) is 11.8 Å². The van der Waals surface area contributed by atoms with Crippen molar-refractivity contribution in [2.24, 2.45) is 5.92 Å². The Bertz CT molecular complexity index is 679. The van der Waals surface area contributed by atoms with Crippen molar-refractivity contribution in [1.29, 1.82) is 0 Å². The summed E-state index contributed by atoms with van der Waals surface area (Å²) in [4.78, 5) is 38.9. The Balaban J connectivity index is 2.06. The van der Waals surface area contributed by atoms with Gasteiger partial charge in [-0.1, -0.05) is 25.5 Å². The van der Waals surface area contributed by atoms with Crippen LogP contribution in [-0.4, -0.2) is 41.2 Å². The van der Waals surface area contributed by atoms with Gasteiger partial charge in [0.1, 0.15) is 0 Å². The summed E-state index contributed by atoms with van der Waals surface area (Å²) in [6, 6.07) is 6.95. The van der Waals surface area contributed by atoms with E-state index in [-0.39, 0.29) is 29.7 Å². The van der Waals surface area contributed by atoms with Crippen molar-refractivity contribution in [3.63, 3.8) is 0 Å². The summed E-state index contributed by atoms with van der Waals surface area (Å²) in [5, 5.41) is 5.70. The van der Waals surface area contributed by atoms with E-state index >= 15 is 0 Å². The Kier molecular flexibility index (Phi) is 6.40. The summed E-state index contributed by atoms with van der Waals surface area (Å²) < 4.78 is 0. The van der Waals surface area contributed by atoms with Crippen molar-refractivity contribution in [1.82, 2.24) is 10.2 Å². The van der Waals surface area contributed by atoms with Gasteiger partial charge in [0, 0.05) is 25.0 Å². The zero-order valence-corrected chi connectivity index (χ0v) is 16.1. The molecule has 1 aromatic carbocycles. The van der Waals surface area contributed by atoms with Crippen LogP contribution >= 0.6 is 0 Å². The molecule has 0 saturated carbocycles. The van der Waals surface area contributed by atoms with Crippen LogP contribution in [-0.2, 0) is 9.59 Å². The van der Waals surface area contributed by atoms with Crippen molar-refractivity contribution in [2.75, 3.05) is 18.4 Å². The number of unbranched alkanes of at least 4 members (excludes halogenated alkanes) is 1. The van der Waals surface area contributed by atoms with E-state index in [1.165, 1.54) is 0 Å². The highest BCUT2D eigenvalue weighted by molar-refractivity contribution is 6.05. The van der Waals surface area contributed by atoms with Gasteiger partial charge in [-0.3, -0.25) is 14.4 Å². The zero-order valence-electron chi connectivity index (χ0n) is 16.1. The van der Waals surface area contributed by atoms with Crippen molar-refractivity contribution in [3.8, 4) is 0 Å². The maximum absolute atomic E-state index is 12.6. The van der Waals surface area contributed by atoms with Crippen LogP contribution in [0.1, 0.15) is 57.3 Å². The third kappa shape index (κ3) is 4.84. The van der Waals surface area contributed by atoms with E-state index in [1.807, 2.05) is 20.8 Å². The van der Waals surface area contributed by atoms with E-state index in [2.05, 4.69) is 17.6 Å². The predicted octanol–water partition coefficient (Wildman–Crippen LogP) is 2.80. The molecule has 2 rings (SSSR count). The number of amides is 3. The molecule has 0 aliphatic carbocycles. The van der Waals surface area contributed by atoms with Crippen LogP contribution in [0.3, 0.4) is 0 Å². The van der Waals surface area contributed by atoms with Gasteiger partial charge in [-0.05, 0) is 39.3 Å². The van der Waals surface area contributed by atoms with Crippen LogP contribution in [0, 0.1) is 5.92 Å². The number of nitrogens with one attached hydrogen (secondary N) is 2. The molecule has 142 valence electrons. The van der Waals surface area contributed by atoms with Crippen LogP contribution in [0.4, 0.5) is 5.69 Å². The molecule has 1 atom stereocenters. The molecule has 26 heavy (non-hydrogen) atoms. The van der Waals surface area contributed by atoms with Gasteiger partial charge in [0.05, 0.1) is 17.2 Å². The number of para-hydroxylation sites is 1. The first-order valence-corrected chi connectivity index (χ1v) is 9.22. The fourth-order valence-electron chi connectivity index (χ4n) is 3.03. The molecule has 1 aromatic rings. The van der Waals surface area contributed by atoms with Crippen molar-refractivity contribution >= 4 is 23.4 Å². The number of anilines is 1. The number of carbonyl (C=O) groups excluding carboxylic acids is 3. The predicted molar refractivity (Wildman–Crippen MR) is 102 cm³/mol. The van der Waals surface area contributed by atoms with Crippen LogP contribution in [0.15, 0.2) is 24.3 Å². The highest BCUT2D eigenvalue weighted by Gasteiger charge is 2.39. The second kappa shape index (κ2) is 8.34. The molecular weight excluding hydrogens is 330 g/mol. The molecule has 0 spiro atoms. The maximum atomic E-state index is 12.6. The summed E-state index contributed by atoms with van der Waals surface area (Å²) in [5.74, 6) is -0.840. The number of hydrogen-bond donors (Lipinski definition) is 2. The second-order valence-corrected chi connectivity index (χ2v) is 7.72. The first-order chi connectivity index (χ1) is 12.2. The molecule has 1 aliphatic rings. The van der Waals surface area contributed by atoms with Crippen LogP contribution in [0.5, 0.6) is 0 Å². The van der Waals surface area contributed by atoms with Gasteiger partial charge in [0.15, 0.2) is 0 Å². The lowest BCUT2D eigenvalue weighted by atomic mass is 10.1. The second-order valence-electron chi connectivity index (χ2n) is 7.72. The molecular formula is C20H29N3O3. The molecule has 6 nitrogen and oxygen atoms in total. The minimum absolute atomic E-state index is 0.0109. The minimum atomic E-state index is -0.405. The summed E-state index contributed by atoms with van der Waals surface area (Å²) >= 11 is 0. The Morgan fingerprint density at radius 1 is 1.23 bits per heavy atom. The van der Waals surface area contributed by atoms with E-state index in [1.54, 1.807) is 29.2 Å².